The first-order valence-corrected chi connectivity index (χ1v) is 9.97. The Morgan fingerprint density at radius 2 is 2.00 bits per heavy atom. The molecule has 1 amide bonds. The van der Waals surface area contributed by atoms with Crippen molar-refractivity contribution in [3.8, 4) is 0 Å². The zero-order valence-corrected chi connectivity index (χ0v) is 14.2. The van der Waals surface area contributed by atoms with Gasteiger partial charge >= 0.3 is 6.18 Å². The van der Waals surface area contributed by atoms with Crippen LogP contribution in [0.5, 0.6) is 0 Å². The van der Waals surface area contributed by atoms with E-state index in [1.807, 2.05) is 0 Å². The van der Waals surface area contributed by atoms with Crippen molar-refractivity contribution in [2.75, 3.05) is 29.1 Å². The van der Waals surface area contributed by atoms with E-state index in [9.17, 15) is 26.4 Å². The number of hydrogen-bond acceptors (Lipinski definition) is 5. The van der Waals surface area contributed by atoms with E-state index in [-0.39, 0.29) is 18.1 Å². The Kier molecular flexibility index (Phi) is 6.02. The Labute approximate surface area is 142 Å². The van der Waals surface area contributed by atoms with Crippen LogP contribution in [-0.2, 0) is 14.6 Å². The highest BCUT2D eigenvalue weighted by molar-refractivity contribution is 7.99. The Morgan fingerprint density at radius 3 is 2.62 bits per heavy atom. The van der Waals surface area contributed by atoms with Crippen molar-refractivity contribution in [3.05, 3.63) is 24.3 Å². The molecular weight excluding hydrogens is 365 g/mol. The van der Waals surface area contributed by atoms with Gasteiger partial charge in [-0.05, 0) is 18.6 Å². The van der Waals surface area contributed by atoms with E-state index in [2.05, 4.69) is 10.6 Å². The number of para-hydroxylation sites is 1. The third kappa shape index (κ3) is 6.23. The van der Waals surface area contributed by atoms with Gasteiger partial charge in [0, 0.05) is 16.6 Å². The molecule has 1 atom stereocenters. The fraction of sp³-hybridized carbons (Fsp3) is 0.500. The summed E-state index contributed by atoms with van der Waals surface area (Å²) in [6.45, 7) is -0.139. The summed E-state index contributed by atoms with van der Waals surface area (Å²) in [6, 6.07) is 6.00. The van der Waals surface area contributed by atoms with Gasteiger partial charge in [0.05, 0.1) is 23.8 Å². The molecule has 1 aromatic carbocycles. The average molecular weight is 382 g/mol. The highest BCUT2D eigenvalue weighted by Gasteiger charge is 2.29. The van der Waals surface area contributed by atoms with Crippen molar-refractivity contribution >= 4 is 33.2 Å². The fourth-order valence-corrected chi connectivity index (χ4v) is 4.72. The van der Waals surface area contributed by atoms with Gasteiger partial charge in [-0.15, -0.1) is 11.8 Å². The Morgan fingerprint density at radius 1 is 1.29 bits per heavy atom. The number of nitrogens with one attached hydrogen (secondary N) is 2. The molecular formula is C14H17F3N2O3S2. The van der Waals surface area contributed by atoms with Crippen LogP contribution in [0.4, 0.5) is 18.9 Å². The van der Waals surface area contributed by atoms with Gasteiger partial charge in [-0.25, -0.2) is 8.42 Å². The predicted molar refractivity (Wildman–Crippen MR) is 86.9 cm³/mol. The molecule has 2 rings (SSSR count). The normalized spacial score (nSPS) is 19.9. The molecule has 1 aliphatic heterocycles. The van der Waals surface area contributed by atoms with E-state index in [1.165, 1.54) is 0 Å². The minimum absolute atomic E-state index is 0.0578. The predicted octanol–water partition coefficient (Wildman–Crippen LogP) is 2.06. The molecule has 1 aliphatic rings. The van der Waals surface area contributed by atoms with Gasteiger partial charge in [0.25, 0.3) is 0 Å². The lowest BCUT2D eigenvalue weighted by molar-refractivity contribution is -0.120. The maximum absolute atomic E-state index is 12.3. The number of rotatable bonds is 6. The van der Waals surface area contributed by atoms with Gasteiger partial charge < -0.3 is 10.6 Å². The quantitative estimate of drug-likeness (QED) is 0.737. The summed E-state index contributed by atoms with van der Waals surface area (Å²) in [5.41, 5.74) is 0.431. The zero-order valence-electron chi connectivity index (χ0n) is 12.6. The first-order valence-electron chi connectivity index (χ1n) is 7.17. The van der Waals surface area contributed by atoms with Crippen LogP contribution in [0.15, 0.2) is 29.2 Å². The van der Waals surface area contributed by atoms with Crippen molar-refractivity contribution < 1.29 is 26.4 Å². The van der Waals surface area contributed by atoms with Gasteiger partial charge in [-0.2, -0.15) is 13.2 Å². The number of sulfone groups is 1. The lowest BCUT2D eigenvalue weighted by Crippen LogP contribution is -2.39. The van der Waals surface area contributed by atoms with Crippen molar-refractivity contribution in [3.63, 3.8) is 0 Å². The SMILES string of the molecule is O=C(CNc1ccccc1SCC(F)(F)F)N[C@H]1CCS(=O)(=O)C1. The Balaban J connectivity index is 1.86. The number of alkyl halides is 3. The largest absolute Gasteiger partial charge is 0.398 e. The molecule has 1 saturated heterocycles. The molecule has 0 aromatic heterocycles. The minimum atomic E-state index is -4.27. The Hall–Kier alpha value is -1.42. The van der Waals surface area contributed by atoms with Crippen LogP contribution in [0, 0.1) is 0 Å². The monoisotopic (exact) mass is 382 g/mol. The lowest BCUT2D eigenvalue weighted by atomic mass is 10.2. The molecule has 2 N–H and O–H groups in total. The lowest BCUT2D eigenvalue weighted by Gasteiger charge is -2.14. The zero-order chi connectivity index (χ0) is 17.8. The molecule has 0 aliphatic carbocycles. The summed E-state index contributed by atoms with van der Waals surface area (Å²) in [6.07, 6.45) is -3.89. The van der Waals surface area contributed by atoms with Crippen LogP contribution in [0.2, 0.25) is 0 Å². The fourth-order valence-electron chi connectivity index (χ4n) is 2.26. The maximum atomic E-state index is 12.3. The highest BCUT2D eigenvalue weighted by atomic mass is 32.2. The van der Waals surface area contributed by atoms with E-state index in [0.29, 0.717) is 28.8 Å². The van der Waals surface area contributed by atoms with Crippen molar-refractivity contribution in [2.45, 2.75) is 23.5 Å². The molecule has 0 spiro atoms. The molecule has 0 radical (unpaired) electrons. The minimum Gasteiger partial charge on any atom is -0.375 e. The molecule has 134 valence electrons. The van der Waals surface area contributed by atoms with E-state index < -0.39 is 33.7 Å². The molecule has 0 saturated carbocycles. The van der Waals surface area contributed by atoms with Crippen molar-refractivity contribution in [1.29, 1.82) is 0 Å². The third-order valence-electron chi connectivity index (χ3n) is 3.32. The number of anilines is 1. The number of carbonyl (C=O) groups is 1. The molecule has 24 heavy (non-hydrogen) atoms. The van der Waals surface area contributed by atoms with E-state index in [4.69, 9.17) is 0 Å². The van der Waals surface area contributed by atoms with Crippen molar-refractivity contribution in [1.82, 2.24) is 5.32 Å². The Bertz CT molecular complexity index is 693. The maximum Gasteiger partial charge on any atom is 0.398 e. The third-order valence-corrected chi connectivity index (χ3v) is 6.22. The summed E-state index contributed by atoms with van der Waals surface area (Å²) in [5, 5.41) is 5.41. The molecule has 1 heterocycles. The average Bonchev–Trinajstić information content (AvgIpc) is 2.82. The first kappa shape index (κ1) is 18.9. The molecule has 5 nitrogen and oxygen atoms in total. The molecule has 1 fully saturated rings. The topological polar surface area (TPSA) is 75.3 Å². The molecule has 10 heteroatoms. The molecule has 0 bridgehead atoms. The van der Waals surface area contributed by atoms with Gasteiger partial charge in [-0.3, -0.25) is 4.79 Å². The van der Waals surface area contributed by atoms with Crippen LogP contribution in [-0.4, -0.2) is 50.3 Å². The van der Waals surface area contributed by atoms with E-state index in [0.717, 1.165) is 0 Å². The van der Waals surface area contributed by atoms with E-state index in [1.54, 1.807) is 24.3 Å². The standard InChI is InChI=1S/C14H17F3N2O3S2/c15-14(16,17)9-23-12-4-2-1-3-11(12)18-7-13(20)19-10-5-6-24(21,22)8-10/h1-4,10,18H,5-9H2,(H,19,20)/t10-/m0/s1. The van der Waals surface area contributed by atoms with Crippen LogP contribution >= 0.6 is 11.8 Å². The smallest absolute Gasteiger partial charge is 0.375 e. The highest BCUT2D eigenvalue weighted by Crippen LogP contribution is 2.31. The number of carbonyl (C=O) groups excluding carboxylic acids is 1. The second kappa shape index (κ2) is 7.64. The summed E-state index contributed by atoms with van der Waals surface area (Å²) in [7, 11) is -3.08. The van der Waals surface area contributed by atoms with Crippen LogP contribution in [0.3, 0.4) is 0 Å². The van der Waals surface area contributed by atoms with Crippen molar-refractivity contribution in [2.24, 2.45) is 0 Å². The van der Waals surface area contributed by atoms with Gasteiger partial charge in [-0.1, -0.05) is 12.1 Å². The number of halogens is 3. The van der Waals surface area contributed by atoms with Gasteiger partial charge in [0.2, 0.25) is 5.91 Å². The second-order valence-corrected chi connectivity index (χ2v) is 8.67. The molecule has 1 aromatic rings. The number of amides is 1. The van der Waals surface area contributed by atoms with E-state index >= 15 is 0 Å². The molecule has 0 unspecified atom stereocenters. The summed E-state index contributed by atoms with van der Waals surface area (Å²) in [4.78, 5) is 12.3. The number of hydrogen-bond donors (Lipinski definition) is 2. The number of benzene rings is 1. The summed E-state index contributed by atoms with van der Waals surface area (Å²) in [5.74, 6) is -1.43. The summed E-state index contributed by atoms with van der Waals surface area (Å²) < 4.78 is 59.6. The van der Waals surface area contributed by atoms with Crippen LogP contribution in [0.1, 0.15) is 6.42 Å². The summed E-state index contributed by atoms with van der Waals surface area (Å²) >= 11 is 0.640. The first-order chi connectivity index (χ1) is 11.1. The van der Waals surface area contributed by atoms with Gasteiger partial charge in [0.15, 0.2) is 9.84 Å². The number of thioether (sulfide) groups is 1. The van der Waals surface area contributed by atoms with Crippen LogP contribution in [0.25, 0.3) is 0 Å². The van der Waals surface area contributed by atoms with Gasteiger partial charge in [0.1, 0.15) is 0 Å². The van der Waals surface area contributed by atoms with Crippen LogP contribution < -0.4 is 10.6 Å². The second-order valence-electron chi connectivity index (χ2n) is 5.42.